The Hall–Kier alpha value is -0.300. The maximum atomic E-state index is 3.77. The number of piperidine rings is 1. The van der Waals surface area contributed by atoms with E-state index in [0.29, 0.717) is 0 Å². The highest BCUT2D eigenvalue weighted by Crippen LogP contribution is 2.13. The molecule has 0 aliphatic carbocycles. The summed E-state index contributed by atoms with van der Waals surface area (Å²) in [4.78, 5) is 0. The number of nitrogens with one attached hydrogen (secondary N) is 1. The quantitative estimate of drug-likeness (QED) is 0.524. The Morgan fingerprint density at radius 2 is 2.33 bits per heavy atom. The van der Waals surface area contributed by atoms with Gasteiger partial charge in [-0.3, -0.25) is 0 Å². The van der Waals surface area contributed by atoms with Crippen LogP contribution in [0.1, 0.15) is 19.8 Å². The van der Waals surface area contributed by atoms with Gasteiger partial charge in [-0.05, 0) is 25.7 Å². The van der Waals surface area contributed by atoms with Crippen molar-refractivity contribution >= 4 is 0 Å². The van der Waals surface area contributed by atoms with Gasteiger partial charge in [0.25, 0.3) is 0 Å². The first-order valence-corrected chi connectivity index (χ1v) is 3.69. The molecule has 0 aromatic carbocycles. The van der Waals surface area contributed by atoms with Gasteiger partial charge in [-0.25, -0.2) is 0 Å². The maximum Gasteiger partial charge on any atom is 0.00391 e. The lowest BCUT2D eigenvalue weighted by Gasteiger charge is -2.24. The molecule has 0 aromatic heterocycles. The highest BCUT2D eigenvalue weighted by Gasteiger charge is 2.13. The predicted octanol–water partition coefficient (Wildman–Crippen LogP) is 1.56. The average Bonchev–Trinajstić information content (AvgIpc) is 1.90. The van der Waals surface area contributed by atoms with Crippen LogP contribution in [0.5, 0.6) is 0 Å². The Bertz CT molecular complexity index is 90.7. The summed E-state index contributed by atoms with van der Waals surface area (Å²) in [6.07, 6.45) is 4.67. The molecule has 9 heavy (non-hydrogen) atoms. The van der Waals surface area contributed by atoms with Crippen LogP contribution in [0.15, 0.2) is 12.7 Å². The van der Waals surface area contributed by atoms with E-state index in [0.717, 1.165) is 18.5 Å². The zero-order valence-electron chi connectivity index (χ0n) is 6.06. The van der Waals surface area contributed by atoms with Crippen LogP contribution in [0.25, 0.3) is 0 Å². The normalized spacial score (nSPS) is 36.1. The molecule has 2 atom stereocenters. The third-order valence-corrected chi connectivity index (χ3v) is 2.03. The van der Waals surface area contributed by atoms with Crippen LogP contribution in [0.4, 0.5) is 0 Å². The SMILES string of the molecule is C=CC1CCC(C)NC1. The molecular weight excluding hydrogens is 110 g/mol. The minimum absolute atomic E-state index is 0.723. The monoisotopic (exact) mass is 125 g/mol. The molecule has 0 bridgehead atoms. The zero-order chi connectivity index (χ0) is 6.69. The Kier molecular flexibility index (Phi) is 2.29. The van der Waals surface area contributed by atoms with E-state index in [4.69, 9.17) is 0 Å². The first kappa shape index (κ1) is 6.81. The smallest absolute Gasteiger partial charge is 0.00391 e. The summed E-state index contributed by atoms with van der Waals surface area (Å²) in [6.45, 7) is 7.13. The van der Waals surface area contributed by atoms with Gasteiger partial charge < -0.3 is 5.32 Å². The van der Waals surface area contributed by atoms with Crippen molar-refractivity contribution in [2.45, 2.75) is 25.8 Å². The van der Waals surface area contributed by atoms with Crippen LogP contribution in [0.3, 0.4) is 0 Å². The predicted molar refractivity (Wildman–Crippen MR) is 40.4 cm³/mol. The highest BCUT2D eigenvalue weighted by molar-refractivity contribution is 4.85. The molecule has 0 amide bonds. The van der Waals surface area contributed by atoms with E-state index >= 15 is 0 Å². The van der Waals surface area contributed by atoms with Crippen LogP contribution < -0.4 is 5.32 Å². The molecule has 1 fully saturated rings. The molecule has 1 nitrogen and oxygen atoms in total. The van der Waals surface area contributed by atoms with Gasteiger partial charge in [0.15, 0.2) is 0 Å². The fraction of sp³-hybridized carbons (Fsp3) is 0.750. The van der Waals surface area contributed by atoms with Crippen LogP contribution in [-0.2, 0) is 0 Å². The second kappa shape index (κ2) is 3.02. The van der Waals surface area contributed by atoms with Crippen LogP contribution in [0.2, 0.25) is 0 Å². The van der Waals surface area contributed by atoms with Crippen molar-refractivity contribution in [3.8, 4) is 0 Å². The van der Waals surface area contributed by atoms with Crippen molar-refractivity contribution in [2.75, 3.05) is 6.54 Å². The molecule has 1 heteroatoms. The fourth-order valence-electron chi connectivity index (χ4n) is 1.22. The van der Waals surface area contributed by atoms with E-state index < -0.39 is 0 Å². The zero-order valence-corrected chi connectivity index (χ0v) is 6.06. The molecule has 0 spiro atoms. The first-order valence-electron chi connectivity index (χ1n) is 3.69. The van der Waals surface area contributed by atoms with E-state index in [-0.39, 0.29) is 0 Å². The summed E-state index contributed by atoms with van der Waals surface area (Å²) >= 11 is 0. The Morgan fingerprint density at radius 3 is 2.78 bits per heavy atom. The number of hydrogen-bond donors (Lipinski definition) is 1. The molecule has 1 heterocycles. The average molecular weight is 125 g/mol. The molecule has 1 aliphatic heterocycles. The Balaban J connectivity index is 2.26. The van der Waals surface area contributed by atoms with Crippen molar-refractivity contribution in [3.05, 3.63) is 12.7 Å². The Morgan fingerprint density at radius 1 is 1.56 bits per heavy atom. The van der Waals surface area contributed by atoms with Gasteiger partial charge in [0, 0.05) is 12.6 Å². The van der Waals surface area contributed by atoms with Crippen molar-refractivity contribution in [1.82, 2.24) is 5.32 Å². The molecule has 0 radical (unpaired) electrons. The van der Waals surface area contributed by atoms with E-state index in [1.165, 1.54) is 12.8 Å². The number of rotatable bonds is 1. The fourth-order valence-corrected chi connectivity index (χ4v) is 1.22. The maximum absolute atomic E-state index is 3.77. The minimum atomic E-state index is 0.723. The lowest BCUT2D eigenvalue weighted by Crippen LogP contribution is -2.35. The van der Waals surface area contributed by atoms with Gasteiger partial charge in [-0.15, -0.1) is 6.58 Å². The van der Waals surface area contributed by atoms with Crippen LogP contribution in [-0.4, -0.2) is 12.6 Å². The number of hydrogen-bond acceptors (Lipinski definition) is 1. The third kappa shape index (κ3) is 1.83. The highest BCUT2D eigenvalue weighted by atomic mass is 14.9. The molecule has 1 rings (SSSR count). The molecule has 0 saturated carbocycles. The molecule has 2 unspecified atom stereocenters. The van der Waals surface area contributed by atoms with Crippen molar-refractivity contribution in [2.24, 2.45) is 5.92 Å². The van der Waals surface area contributed by atoms with Gasteiger partial charge >= 0.3 is 0 Å². The summed E-state index contributed by atoms with van der Waals surface area (Å²) in [5.74, 6) is 0.723. The third-order valence-electron chi connectivity index (χ3n) is 2.03. The van der Waals surface area contributed by atoms with E-state index in [1.54, 1.807) is 0 Å². The van der Waals surface area contributed by atoms with Gasteiger partial charge in [0.1, 0.15) is 0 Å². The summed E-state index contributed by atoms with van der Waals surface area (Å²) in [5.41, 5.74) is 0. The summed E-state index contributed by atoms with van der Waals surface area (Å²) in [5, 5.41) is 3.41. The van der Waals surface area contributed by atoms with Crippen LogP contribution >= 0.6 is 0 Å². The van der Waals surface area contributed by atoms with Crippen molar-refractivity contribution in [3.63, 3.8) is 0 Å². The van der Waals surface area contributed by atoms with Crippen molar-refractivity contribution in [1.29, 1.82) is 0 Å². The van der Waals surface area contributed by atoms with Gasteiger partial charge in [-0.1, -0.05) is 6.08 Å². The standard InChI is InChI=1S/C8H15N/c1-3-8-5-4-7(2)9-6-8/h3,7-9H,1,4-6H2,2H3. The summed E-state index contributed by atoms with van der Waals surface area (Å²) < 4.78 is 0. The van der Waals surface area contributed by atoms with Crippen molar-refractivity contribution < 1.29 is 0 Å². The summed E-state index contributed by atoms with van der Waals surface area (Å²) in [6, 6.07) is 0.723. The molecule has 52 valence electrons. The molecule has 1 saturated heterocycles. The topological polar surface area (TPSA) is 12.0 Å². The second-order valence-electron chi connectivity index (χ2n) is 2.88. The van der Waals surface area contributed by atoms with E-state index in [1.807, 2.05) is 0 Å². The summed E-state index contributed by atoms with van der Waals surface area (Å²) in [7, 11) is 0. The lowest BCUT2D eigenvalue weighted by atomic mass is 9.96. The van der Waals surface area contributed by atoms with E-state index in [2.05, 4.69) is 24.9 Å². The lowest BCUT2D eigenvalue weighted by molar-refractivity contribution is 0.367. The molecular formula is C8H15N. The largest absolute Gasteiger partial charge is 0.314 e. The first-order chi connectivity index (χ1) is 4.33. The van der Waals surface area contributed by atoms with E-state index in [9.17, 15) is 0 Å². The van der Waals surface area contributed by atoms with Crippen LogP contribution in [0, 0.1) is 5.92 Å². The van der Waals surface area contributed by atoms with Gasteiger partial charge in [-0.2, -0.15) is 0 Å². The van der Waals surface area contributed by atoms with Gasteiger partial charge in [0.2, 0.25) is 0 Å². The minimum Gasteiger partial charge on any atom is -0.314 e. The molecule has 0 aromatic rings. The van der Waals surface area contributed by atoms with Gasteiger partial charge in [0.05, 0.1) is 0 Å². The second-order valence-corrected chi connectivity index (χ2v) is 2.88. The molecule has 1 aliphatic rings. The molecule has 1 N–H and O–H groups in total. The Labute approximate surface area is 57.1 Å².